The summed E-state index contributed by atoms with van der Waals surface area (Å²) >= 11 is 0. The lowest BCUT2D eigenvalue weighted by atomic mass is 10.0. The van der Waals surface area contributed by atoms with Gasteiger partial charge >= 0.3 is 6.09 Å². The number of amides is 1. The standard InChI is InChI=1S/C18H30N2O3/c1-12-8-9-14(15(21)10-12)13(2)19-11-18(6,7)20-16(22)23-17(3,4)5/h8-10,13,19,21H,11H2,1-7H3,(H,20,22). The summed E-state index contributed by atoms with van der Waals surface area (Å²) in [5, 5.41) is 16.2. The molecule has 1 atom stereocenters. The lowest BCUT2D eigenvalue weighted by Crippen LogP contribution is -2.51. The molecule has 1 amide bonds. The van der Waals surface area contributed by atoms with Crippen LogP contribution in [0.1, 0.15) is 58.7 Å². The van der Waals surface area contributed by atoms with Crippen molar-refractivity contribution in [3.8, 4) is 5.75 Å². The molecule has 1 unspecified atom stereocenters. The summed E-state index contributed by atoms with van der Waals surface area (Å²) in [6, 6.07) is 5.60. The Morgan fingerprint density at radius 1 is 1.26 bits per heavy atom. The van der Waals surface area contributed by atoms with E-state index in [0.29, 0.717) is 6.54 Å². The average molecular weight is 322 g/mol. The lowest BCUT2D eigenvalue weighted by molar-refractivity contribution is 0.0471. The molecule has 1 aromatic carbocycles. The molecule has 5 nitrogen and oxygen atoms in total. The molecule has 130 valence electrons. The zero-order valence-corrected chi connectivity index (χ0v) is 15.3. The summed E-state index contributed by atoms with van der Waals surface area (Å²) in [5.41, 5.74) is 0.861. The fraction of sp³-hybridized carbons (Fsp3) is 0.611. The number of hydrogen-bond donors (Lipinski definition) is 3. The normalized spacial score (nSPS) is 13.5. The van der Waals surface area contributed by atoms with Crippen LogP contribution in [0.5, 0.6) is 5.75 Å². The average Bonchev–Trinajstić information content (AvgIpc) is 2.32. The van der Waals surface area contributed by atoms with E-state index in [1.54, 1.807) is 6.07 Å². The molecule has 0 aliphatic heterocycles. The molecule has 0 fully saturated rings. The summed E-state index contributed by atoms with van der Waals surface area (Å²) in [6.07, 6.45) is -0.435. The van der Waals surface area contributed by atoms with Gasteiger partial charge in [-0.25, -0.2) is 4.79 Å². The number of phenols is 1. The highest BCUT2D eigenvalue weighted by Crippen LogP contribution is 2.25. The maximum Gasteiger partial charge on any atom is 0.408 e. The van der Waals surface area contributed by atoms with Gasteiger partial charge in [-0.1, -0.05) is 12.1 Å². The highest BCUT2D eigenvalue weighted by atomic mass is 16.6. The van der Waals surface area contributed by atoms with Crippen molar-refractivity contribution < 1.29 is 14.6 Å². The van der Waals surface area contributed by atoms with E-state index in [9.17, 15) is 9.90 Å². The zero-order chi connectivity index (χ0) is 17.8. The first-order chi connectivity index (χ1) is 10.4. The predicted molar refractivity (Wildman–Crippen MR) is 92.7 cm³/mol. The molecule has 0 saturated carbocycles. The van der Waals surface area contributed by atoms with Crippen LogP contribution in [0.15, 0.2) is 18.2 Å². The number of nitrogens with one attached hydrogen (secondary N) is 2. The van der Waals surface area contributed by atoms with E-state index in [2.05, 4.69) is 10.6 Å². The van der Waals surface area contributed by atoms with Crippen molar-refractivity contribution in [3.63, 3.8) is 0 Å². The van der Waals surface area contributed by atoms with Crippen molar-refractivity contribution in [3.05, 3.63) is 29.3 Å². The Labute approximate surface area is 139 Å². The van der Waals surface area contributed by atoms with Crippen molar-refractivity contribution in [2.75, 3.05) is 6.54 Å². The highest BCUT2D eigenvalue weighted by Gasteiger charge is 2.25. The minimum absolute atomic E-state index is 0.0321. The predicted octanol–water partition coefficient (Wildman–Crippen LogP) is 3.65. The van der Waals surface area contributed by atoms with E-state index >= 15 is 0 Å². The van der Waals surface area contributed by atoms with Gasteiger partial charge < -0.3 is 20.5 Å². The van der Waals surface area contributed by atoms with Crippen molar-refractivity contribution in [1.29, 1.82) is 0 Å². The molecule has 3 N–H and O–H groups in total. The van der Waals surface area contributed by atoms with Gasteiger partial charge in [-0.3, -0.25) is 0 Å². The first-order valence-electron chi connectivity index (χ1n) is 7.94. The Morgan fingerprint density at radius 3 is 2.39 bits per heavy atom. The van der Waals surface area contributed by atoms with Gasteiger partial charge in [-0.05, 0) is 60.1 Å². The number of benzene rings is 1. The lowest BCUT2D eigenvalue weighted by Gasteiger charge is -2.30. The van der Waals surface area contributed by atoms with E-state index in [1.807, 2.05) is 60.6 Å². The molecular formula is C18H30N2O3. The topological polar surface area (TPSA) is 70.6 Å². The fourth-order valence-electron chi connectivity index (χ4n) is 2.16. The summed E-state index contributed by atoms with van der Waals surface area (Å²) in [5.74, 6) is 0.280. The number of rotatable bonds is 5. The second-order valence-corrected chi connectivity index (χ2v) is 7.68. The maximum absolute atomic E-state index is 11.9. The molecule has 23 heavy (non-hydrogen) atoms. The third-order valence-corrected chi connectivity index (χ3v) is 3.34. The third kappa shape index (κ3) is 6.91. The van der Waals surface area contributed by atoms with Gasteiger partial charge in [-0.15, -0.1) is 0 Å². The molecule has 0 heterocycles. The molecule has 5 heteroatoms. The first-order valence-corrected chi connectivity index (χ1v) is 7.94. The first kappa shape index (κ1) is 19.3. The quantitative estimate of drug-likeness (QED) is 0.774. The molecule has 0 saturated heterocycles. The van der Waals surface area contributed by atoms with Crippen LogP contribution in [0, 0.1) is 6.92 Å². The van der Waals surface area contributed by atoms with Gasteiger partial charge in [0.05, 0.1) is 5.54 Å². The Hall–Kier alpha value is -1.75. The van der Waals surface area contributed by atoms with Crippen molar-refractivity contribution in [2.24, 2.45) is 0 Å². The van der Waals surface area contributed by atoms with Gasteiger partial charge in [0.1, 0.15) is 11.4 Å². The van der Waals surface area contributed by atoms with Crippen LogP contribution in [-0.4, -0.2) is 28.9 Å². The van der Waals surface area contributed by atoms with E-state index in [0.717, 1.165) is 11.1 Å². The Morgan fingerprint density at radius 2 is 1.87 bits per heavy atom. The number of aryl methyl sites for hydroxylation is 1. The van der Waals surface area contributed by atoms with Crippen LogP contribution in [0.25, 0.3) is 0 Å². The summed E-state index contributed by atoms with van der Waals surface area (Å²) in [6.45, 7) is 13.8. The van der Waals surface area contributed by atoms with Gasteiger partial charge in [0.2, 0.25) is 0 Å². The molecule has 1 aromatic rings. The van der Waals surface area contributed by atoms with Crippen molar-refractivity contribution in [2.45, 2.75) is 65.6 Å². The Bertz CT molecular complexity index is 548. The number of ether oxygens (including phenoxy) is 1. The number of alkyl carbamates (subject to hydrolysis) is 1. The van der Waals surface area contributed by atoms with E-state index in [-0.39, 0.29) is 11.8 Å². The van der Waals surface area contributed by atoms with Crippen LogP contribution in [-0.2, 0) is 4.74 Å². The molecule has 0 aliphatic carbocycles. The monoisotopic (exact) mass is 322 g/mol. The molecule has 0 bridgehead atoms. The van der Waals surface area contributed by atoms with E-state index < -0.39 is 17.2 Å². The molecule has 0 aliphatic rings. The smallest absolute Gasteiger partial charge is 0.408 e. The second kappa shape index (κ2) is 7.21. The molecule has 0 radical (unpaired) electrons. The summed E-state index contributed by atoms with van der Waals surface area (Å²) in [4.78, 5) is 11.9. The van der Waals surface area contributed by atoms with Crippen LogP contribution in [0.2, 0.25) is 0 Å². The van der Waals surface area contributed by atoms with Crippen molar-refractivity contribution >= 4 is 6.09 Å². The number of carbonyl (C=O) groups excluding carboxylic acids is 1. The van der Waals surface area contributed by atoms with Crippen LogP contribution >= 0.6 is 0 Å². The molecule has 1 rings (SSSR count). The van der Waals surface area contributed by atoms with Crippen LogP contribution in [0.3, 0.4) is 0 Å². The largest absolute Gasteiger partial charge is 0.508 e. The van der Waals surface area contributed by atoms with Crippen molar-refractivity contribution in [1.82, 2.24) is 10.6 Å². The number of phenolic OH excluding ortho intramolecular Hbond substituents is 1. The summed E-state index contributed by atoms with van der Waals surface area (Å²) < 4.78 is 5.28. The maximum atomic E-state index is 11.9. The van der Waals surface area contributed by atoms with Gasteiger partial charge in [0.25, 0.3) is 0 Å². The fourth-order valence-corrected chi connectivity index (χ4v) is 2.16. The Kier molecular flexibility index (Phi) is 6.05. The van der Waals surface area contributed by atoms with Gasteiger partial charge in [0.15, 0.2) is 0 Å². The van der Waals surface area contributed by atoms with Gasteiger partial charge in [-0.2, -0.15) is 0 Å². The van der Waals surface area contributed by atoms with Gasteiger partial charge in [0, 0.05) is 18.2 Å². The Balaban J connectivity index is 2.59. The summed E-state index contributed by atoms with van der Waals surface area (Å²) in [7, 11) is 0. The molecule has 0 aromatic heterocycles. The van der Waals surface area contributed by atoms with E-state index in [4.69, 9.17) is 4.74 Å². The van der Waals surface area contributed by atoms with Crippen LogP contribution < -0.4 is 10.6 Å². The highest BCUT2D eigenvalue weighted by molar-refractivity contribution is 5.68. The van der Waals surface area contributed by atoms with E-state index in [1.165, 1.54) is 0 Å². The minimum Gasteiger partial charge on any atom is -0.508 e. The molecule has 0 spiro atoms. The van der Waals surface area contributed by atoms with Crippen LogP contribution in [0.4, 0.5) is 4.79 Å². The SMILES string of the molecule is Cc1ccc(C(C)NCC(C)(C)NC(=O)OC(C)(C)C)c(O)c1. The second-order valence-electron chi connectivity index (χ2n) is 7.68. The number of aromatic hydroxyl groups is 1. The number of carbonyl (C=O) groups is 1. The third-order valence-electron chi connectivity index (χ3n) is 3.34. The minimum atomic E-state index is -0.519. The number of hydrogen-bond acceptors (Lipinski definition) is 4. The molecular weight excluding hydrogens is 292 g/mol. The zero-order valence-electron chi connectivity index (χ0n) is 15.3.